The number of hydrogen-bond donors (Lipinski definition) is 0. The van der Waals surface area contributed by atoms with Crippen LogP contribution in [0.4, 0.5) is 0 Å². The lowest BCUT2D eigenvalue weighted by Gasteiger charge is -2.13. The second-order valence-corrected chi connectivity index (χ2v) is 4.06. The average Bonchev–Trinajstić information content (AvgIpc) is 1.84. The second-order valence-electron chi connectivity index (χ2n) is 4.06. The Kier molecular flexibility index (Phi) is 5.45. The molecule has 1 unspecified atom stereocenters. The summed E-state index contributed by atoms with van der Waals surface area (Å²) in [5.41, 5.74) is 1.20. The van der Waals surface area contributed by atoms with E-state index in [1.807, 2.05) is 6.92 Å². The van der Waals surface area contributed by atoms with Crippen LogP contribution in [0.1, 0.15) is 40.5 Å². The summed E-state index contributed by atoms with van der Waals surface area (Å²) in [5.74, 6) is 1.46. The Labute approximate surface area is 76.1 Å². The van der Waals surface area contributed by atoms with E-state index in [9.17, 15) is 0 Å². The quantitative estimate of drug-likeness (QED) is 0.585. The molecule has 0 spiro atoms. The number of rotatable bonds is 4. The molecule has 0 saturated carbocycles. The van der Waals surface area contributed by atoms with Gasteiger partial charge in [-0.15, -0.1) is 0 Å². The fourth-order valence-corrected chi connectivity index (χ4v) is 1.61. The third-order valence-corrected chi connectivity index (χ3v) is 1.86. The first kappa shape index (κ1) is 11.2. The van der Waals surface area contributed by atoms with Crippen molar-refractivity contribution >= 4 is 0 Å². The molecule has 0 fully saturated rings. The minimum Gasteiger partial charge on any atom is -0.193 e. The van der Waals surface area contributed by atoms with E-state index < -0.39 is 0 Å². The van der Waals surface area contributed by atoms with E-state index in [1.54, 1.807) is 6.08 Å². The molecule has 68 valence electrons. The minimum absolute atomic E-state index is 0.703. The summed E-state index contributed by atoms with van der Waals surface area (Å²) in [4.78, 5) is 0. The van der Waals surface area contributed by atoms with Crippen LogP contribution in [0.15, 0.2) is 11.6 Å². The van der Waals surface area contributed by atoms with Crippen LogP contribution in [0.2, 0.25) is 0 Å². The zero-order valence-electron chi connectivity index (χ0n) is 8.59. The van der Waals surface area contributed by atoms with Crippen LogP contribution in [-0.4, -0.2) is 0 Å². The molecule has 0 aliphatic rings. The Morgan fingerprint density at radius 1 is 1.42 bits per heavy atom. The summed E-state index contributed by atoms with van der Waals surface area (Å²) in [6, 6.07) is 2.06. The first-order valence-electron chi connectivity index (χ1n) is 4.61. The van der Waals surface area contributed by atoms with Gasteiger partial charge in [0.05, 0.1) is 6.07 Å². The first-order valence-corrected chi connectivity index (χ1v) is 4.61. The van der Waals surface area contributed by atoms with Gasteiger partial charge in [0, 0.05) is 6.08 Å². The Hall–Kier alpha value is -0.770. The molecule has 0 aromatic rings. The van der Waals surface area contributed by atoms with Gasteiger partial charge in [0.2, 0.25) is 0 Å². The van der Waals surface area contributed by atoms with Gasteiger partial charge in [-0.2, -0.15) is 5.26 Å². The largest absolute Gasteiger partial charge is 0.193 e. The van der Waals surface area contributed by atoms with Crippen molar-refractivity contribution in [3.05, 3.63) is 11.6 Å². The van der Waals surface area contributed by atoms with Gasteiger partial charge in [0.15, 0.2) is 0 Å². The molecule has 1 nitrogen and oxygen atoms in total. The molecule has 0 amide bonds. The normalized spacial score (nSPS) is 14.5. The molecule has 0 saturated heterocycles. The van der Waals surface area contributed by atoms with E-state index >= 15 is 0 Å². The maximum absolute atomic E-state index is 8.41. The summed E-state index contributed by atoms with van der Waals surface area (Å²) in [6.45, 7) is 8.74. The number of allylic oxidation sites excluding steroid dienone is 2. The highest BCUT2D eigenvalue weighted by atomic mass is 14.2. The predicted octanol–water partition coefficient (Wildman–Crippen LogP) is 3.53. The fourth-order valence-electron chi connectivity index (χ4n) is 1.61. The summed E-state index contributed by atoms with van der Waals surface area (Å²) >= 11 is 0. The van der Waals surface area contributed by atoms with E-state index in [1.165, 1.54) is 12.0 Å². The topological polar surface area (TPSA) is 23.8 Å². The first-order chi connectivity index (χ1) is 5.56. The van der Waals surface area contributed by atoms with E-state index in [-0.39, 0.29) is 0 Å². The van der Waals surface area contributed by atoms with E-state index in [4.69, 9.17) is 5.26 Å². The standard InChI is InChI=1S/C11H19N/c1-9(2)7-11(4)8-10(3)5-6-12/h5,9,11H,7-8H2,1-4H3/b10-5+. The van der Waals surface area contributed by atoms with Crippen LogP contribution in [0.25, 0.3) is 0 Å². The molecule has 0 aliphatic carbocycles. The number of nitrogens with zero attached hydrogens (tertiary/aromatic N) is 1. The van der Waals surface area contributed by atoms with Crippen LogP contribution in [0, 0.1) is 23.2 Å². The summed E-state index contributed by atoms with van der Waals surface area (Å²) in [5, 5.41) is 8.41. The monoisotopic (exact) mass is 165 g/mol. The fraction of sp³-hybridized carbons (Fsp3) is 0.727. The van der Waals surface area contributed by atoms with Crippen LogP contribution >= 0.6 is 0 Å². The molecule has 0 N–H and O–H groups in total. The van der Waals surface area contributed by atoms with E-state index in [0.29, 0.717) is 5.92 Å². The SMILES string of the molecule is C/C(=C\C#N)CC(C)CC(C)C. The number of hydrogen-bond acceptors (Lipinski definition) is 1. The van der Waals surface area contributed by atoms with Crippen molar-refractivity contribution in [2.45, 2.75) is 40.5 Å². The van der Waals surface area contributed by atoms with Gasteiger partial charge in [0.25, 0.3) is 0 Å². The molecule has 0 aliphatic heterocycles. The smallest absolute Gasteiger partial charge is 0.0911 e. The van der Waals surface area contributed by atoms with Crippen LogP contribution in [-0.2, 0) is 0 Å². The summed E-state index contributed by atoms with van der Waals surface area (Å²) in [6.07, 6.45) is 3.96. The third kappa shape index (κ3) is 5.97. The molecule has 0 bridgehead atoms. The lowest BCUT2D eigenvalue weighted by molar-refractivity contribution is 0.436. The van der Waals surface area contributed by atoms with Gasteiger partial charge in [-0.3, -0.25) is 0 Å². The third-order valence-electron chi connectivity index (χ3n) is 1.86. The van der Waals surface area contributed by atoms with Crippen molar-refractivity contribution in [1.82, 2.24) is 0 Å². The molecule has 12 heavy (non-hydrogen) atoms. The maximum Gasteiger partial charge on any atom is 0.0911 e. The summed E-state index contributed by atoms with van der Waals surface area (Å²) in [7, 11) is 0. The molecule has 0 heterocycles. The zero-order chi connectivity index (χ0) is 9.56. The van der Waals surface area contributed by atoms with Gasteiger partial charge < -0.3 is 0 Å². The molecule has 0 rings (SSSR count). The summed E-state index contributed by atoms with van der Waals surface area (Å²) < 4.78 is 0. The van der Waals surface area contributed by atoms with Crippen LogP contribution in [0.3, 0.4) is 0 Å². The van der Waals surface area contributed by atoms with Crippen molar-refractivity contribution < 1.29 is 0 Å². The lowest BCUT2D eigenvalue weighted by Crippen LogP contribution is -2.00. The Morgan fingerprint density at radius 3 is 2.42 bits per heavy atom. The highest BCUT2D eigenvalue weighted by Crippen LogP contribution is 2.18. The molecule has 0 radical (unpaired) electrons. The van der Waals surface area contributed by atoms with Gasteiger partial charge in [0.1, 0.15) is 0 Å². The minimum atomic E-state index is 0.703. The van der Waals surface area contributed by atoms with Crippen LogP contribution < -0.4 is 0 Å². The molecular weight excluding hydrogens is 146 g/mol. The molecule has 1 heteroatoms. The van der Waals surface area contributed by atoms with Crippen LogP contribution in [0.5, 0.6) is 0 Å². The maximum atomic E-state index is 8.41. The van der Waals surface area contributed by atoms with E-state index in [2.05, 4.69) is 26.8 Å². The highest BCUT2D eigenvalue weighted by molar-refractivity contribution is 5.11. The number of nitriles is 1. The lowest BCUT2D eigenvalue weighted by atomic mass is 9.93. The van der Waals surface area contributed by atoms with Crippen molar-refractivity contribution in [3.63, 3.8) is 0 Å². The van der Waals surface area contributed by atoms with Crippen molar-refractivity contribution in [2.24, 2.45) is 11.8 Å². The highest BCUT2D eigenvalue weighted by Gasteiger charge is 2.05. The molecular formula is C11H19N. The van der Waals surface area contributed by atoms with Gasteiger partial charge in [-0.1, -0.05) is 26.3 Å². The second kappa shape index (κ2) is 5.83. The van der Waals surface area contributed by atoms with Crippen molar-refractivity contribution in [3.8, 4) is 6.07 Å². The molecule has 0 aromatic heterocycles. The molecule has 1 atom stereocenters. The zero-order valence-corrected chi connectivity index (χ0v) is 8.59. The average molecular weight is 165 g/mol. The Bertz CT molecular complexity index is 184. The van der Waals surface area contributed by atoms with Crippen molar-refractivity contribution in [2.75, 3.05) is 0 Å². The van der Waals surface area contributed by atoms with E-state index in [0.717, 1.165) is 12.3 Å². The van der Waals surface area contributed by atoms with Gasteiger partial charge in [-0.05, 0) is 31.6 Å². The van der Waals surface area contributed by atoms with Gasteiger partial charge >= 0.3 is 0 Å². The Morgan fingerprint density at radius 2 is 2.00 bits per heavy atom. The Balaban J connectivity index is 3.78. The van der Waals surface area contributed by atoms with Gasteiger partial charge in [-0.25, -0.2) is 0 Å². The van der Waals surface area contributed by atoms with Crippen molar-refractivity contribution in [1.29, 1.82) is 5.26 Å². The predicted molar refractivity (Wildman–Crippen MR) is 52.6 cm³/mol. The molecule has 0 aromatic carbocycles.